The van der Waals surface area contributed by atoms with E-state index in [0.29, 0.717) is 35.8 Å². The summed E-state index contributed by atoms with van der Waals surface area (Å²) in [5.74, 6) is -0.615. The quantitative estimate of drug-likeness (QED) is 0.440. The Bertz CT molecular complexity index is 1530. The van der Waals surface area contributed by atoms with Crippen LogP contribution in [0.3, 0.4) is 0 Å². The molecule has 0 bridgehead atoms. The number of halogens is 1. The molecule has 4 aromatic rings. The molecule has 0 spiro atoms. The average Bonchev–Trinajstić information content (AvgIpc) is 3.38. The van der Waals surface area contributed by atoms with Crippen molar-refractivity contribution >= 4 is 45.9 Å². The Labute approximate surface area is 210 Å². The van der Waals surface area contributed by atoms with Gasteiger partial charge in [0.2, 0.25) is 5.43 Å². The highest BCUT2D eigenvalue weighted by atomic mass is 35.5. The van der Waals surface area contributed by atoms with Crippen LogP contribution in [0.25, 0.3) is 16.7 Å². The third-order valence-electron chi connectivity index (χ3n) is 6.27. The van der Waals surface area contributed by atoms with Crippen molar-refractivity contribution in [3.05, 3.63) is 82.1 Å². The van der Waals surface area contributed by atoms with Crippen LogP contribution in [0.4, 0.5) is 11.5 Å². The van der Waals surface area contributed by atoms with Crippen molar-refractivity contribution in [3.8, 4) is 5.82 Å². The van der Waals surface area contributed by atoms with Gasteiger partial charge in [-0.2, -0.15) is 0 Å². The minimum absolute atomic E-state index is 0.127. The molecule has 1 aliphatic rings. The van der Waals surface area contributed by atoms with E-state index in [0.717, 1.165) is 6.42 Å². The molecule has 10 nitrogen and oxygen atoms in total. The van der Waals surface area contributed by atoms with Crippen LogP contribution in [0.5, 0.6) is 0 Å². The minimum atomic E-state index is -1.36. The first-order chi connectivity index (χ1) is 17.4. The van der Waals surface area contributed by atoms with Gasteiger partial charge in [-0.05, 0) is 37.1 Å². The predicted octanol–water partition coefficient (Wildman–Crippen LogP) is 3.16. The van der Waals surface area contributed by atoms with E-state index in [9.17, 15) is 19.5 Å². The number of hydrogen-bond acceptors (Lipinski definition) is 7. The fraction of sp³-hybridized carbons (Fsp3) is 0.200. The van der Waals surface area contributed by atoms with Crippen LogP contribution in [0.1, 0.15) is 23.2 Å². The summed E-state index contributed by atoms with van der Waals surface area (Å²) >= 11 is 6.65. The van der Waals surface area contributed by atoms with Gasteiger partial charge in [0.1, 0.15) is 17.4 Å². The number of benzene rings is 1. The molecule has 1 atom stereocenters. The number of hydrogen-bond donors (Lipinski definition) is 1. The zero-order valence-electron chi connectivity index (χ0n) is 19.2. The summed E-state index contributed by atoms with van der Waals surface area (Å²) in [6, 6.07) is 8.03. The van der Waals surface area contributed by atoms with E-state index in [2.05, 4.69) is 15.0 Å². The highest BCUT2D eigenvalue weighted by Crippen LogP contribution is 2.36. The number of pyridine rings is 2. The molecule has 1 N–H and O–H groups in total. The smallest absolute Gasteiger partial charge is 0.341 e. The second-order valence-corrected chi connectivity index (χ2v) is 8.78. The van der Waals surface area contributed by atoms with E-state index >= 15 is 0 Å². The maximum absolute atomic E-state index is 13.4. The molecule has 5 rings (SSSR count). The van der Waals surface area contributed by atoms with Gasteiger partial charge in [0.15, 0.2) is 5.82 Å². The van der Waals surface area contributed by atoms with Crippen LogP contribution in [0, 0.1) is 0 Å². The number of carboxylic acids is 1. The van der Waals surface area contributed by atoms with Crippen molar-refractivity contribution in [2.24, 2.45) is 0 Å². The van der Waals surface area contributed by atoms with Gasteiger partial charge in [-0.15, -0.1) is 0 Å². The summed E-state index contributed by atoms with van der Waals surface area (Å²) in [6.45, 7) is 0.584. The molecule has 0 radical (unpaired) electrons. The van der Waals surface area contributed by atoms with Gasteiger partial charge < -0.3 is 10.0 Å². The Morgan fingerprint density at radius 1 is 1.17 bits per heavy atom. The standard InChI is InChI=1S/C25H21ClN6O4/c1-30(21-6-2-3-7-28-21)24(34)18-5-4-10-31(18)20-12-19-15(11-17(20)26)23(33)16(25(35)36)14-32(19)22-13-27-8-9-29-22/h2-3,6-9,11-14,18H,4-5,10H2,1H3,(H,35,36)/t18-/m1/s1. The maximum Gasteiger partial charge on any atom is 0.341 e. The molecule has 0 saturated carbocycles. The first kappa shape index (κ1) is 23.4. The first-order valence-corrected chi connectivity index (χ1v) is 11.6. The molecule has 182 valence electrons. The van der Waals surface area contributed by atoms with E-state index in [4.69, 9.17) is 11.6 Å². The molecule has 0 aliphatic carbocycles. The third kappa shape index (κ3) is 4.05. The lowest BCUT2D eigenvalue weighted by atomic mass is 10.1. The molecule has 0 unspecified atom stereocenters. The van der Waals surface area contributed by atoms with Gasteiger partial charge in [0, 0.05) is 43.8 Å². The van der Waals surface area contributed by atoms with E-state index in [-0.39, 0.29) is 16.3 Å². The fourth-order valence-electron chi connectivity index (χ4n) is 4.51. The van der Waals surface area contributed by atoms with Gasteiger partial charge in [0.25, 0.3) is 5.91 Å². The van der Waals surface area contributed by atoms with Crippen LogP contribution in [0.15, 0.2) is 66.1 Å². The molecule has 1 amide bonds. The molecule has 4 heterocycles. The number of aromatic nitrogens is 4. The molecular weight excluding hydrogens is 484 g/mol. The lowest BCUT2D eigenvalue weighted by Crippen LogP contribution is -2.44. The van der Waals surface area contributed by atoms with Crippen LogP contribution in [-0.2, 0) is 4.79 Å². The Morgan fingerprint density at radius 2 is 2.00 bits per heavy atom. The monoisotopic (exact) mass is 504 g/mol. The largest absolute Gasteiger partial charge is 0.477 e. The number of likely N-dealkylation sites (N-methyl/N-ethyl adjacent to an activating group) is 1. The molecule has 1 saturated heterocycles. The molecule has 11 heteroatoms. The number of amides is 1. The molecule has 36 heavy (non-hydrogen) atoms. The lowest BCUT2D eigenvalue weighted by molar-refractivity contribution is -0.119. The van der Waals surface area contributed by atoms with Crippen LogP contribution < -0.4 is 15.2 Å². The summed E-state index contributed by atoms with van der Waals surface area (Å²) < 4.78 is 1.50. The Morgan fingerprint density at radius 3 is 2.69 bits per heavy atom. The van der Waals surface area contributed by atoms with E-state index < -0.39 is 23.0 Å². The number of fused-ring (bicyclic) bond motifs is 1. The molecule has 1 fully saturated rings. The highest BCUT2D eigenvalue weighted by Gasteiger charge is 2.35. The zero-order chi connectivity index (χ0) is 25.4. The number of nitrogens with zero attached hydrogens (tertiary/aromatic N) is 6. The summed E-state index contributed by atoms with van der Waals surface area (Å²) in [4.78, 5) is 54.2. The molecule has 1 aliphatic heterocycles. The van der Waals surface area contributed by atoms with Gasteiger partial charge in [-0.1, -0.05) is 17.7 Å². The van der Waals surface area contributed by atoms with Crippen LogP contribution in [0.2, 0.25) is 5.02 Å². The number of aromatic carboxylic acids is 1. The zero-order valence-corrected chi connectivity index (χ0v) is 20.0. The minimum Gasteiger partial charge on any atom is -0.477 e. The molecular formula is C25H21ClN6O4. The number of carboxylic acid groups (broad SMARTS) is 1. The summed E-state index contributed by atoms with van der Waals surface area (Å²) in [5.41, 5.74) is -0.103. The van der Waals surface area contributed by atoms with Gasteiger partial charge in [0.05, 0.1) is 22.4 Å². The van der Waals surface area contributed by atoms with Gasteiger partial charge in [-0.3, -0.25) is 24.0 Å². The fourth-order valence-corrected chi connectivity index (χ4v) is 4.78. The SMILES string of the molecule is CN(C(=O)[C@H]1CCCN1c1cc2c(cc1Cl)c(=O)c(C(=O)O)cn2-c1cnccn1)c1ccccn1. The van der Waals surface area contributed by atoms with E-state index in [1.165, 1.54) is 40.3 Å². The van der Waals surface area contributed by atoms with Crippen molar-refractivity contribution in [2.45, 2.75) is 18.9 Å². The summed E-state index contributed by atoms with van der Waals surface area (Å²) in [7, 11) is 1.68. The van der Waals surface area contributed by atoms with Crippen LogP contribution in [-0.4, -0.2) is 56.1 Å². The van der Waals surface area contributed by atoms with Crippen molar-refractivity contribution in [1.29, 1.82) is 0 Å². The number of anilines is 2. The van der Waals surface area contributed by atoms with E-state index in [1.54, 1.807) is 31.4 Å². The van der Waals surface area contributed by atoms with Crippen molar-refractivity contribution in [3.63, 3.8) is 0 Å². The number of rotatable bonds is 5. The van der Waals surface area contributed by atoms with Crippen LogP contribution >= 0.6 is 11.6 Å². The highest BCUT2D eigenvalue weighted by molar-refractivity contribution is 6.34. The topological polar surface area (TPSA) is 122 Å². The van der Waals surface area contributed by atoms with Crippen molar-refractivity contribution in [1.82, 2.24) is 19.5 Å². The first-order valence-electron chi connectivity index (χ1n) is 11.2. The van der Waals surface area contributed by atoms with Gasteiger partial charge in [-0.25, -0.2) is 14.8 Å². The van der Waals surface area contributed by atoms with Crippen molar-refractivity contribution in [2.75, 3.05) is 23.4 Å². The Balaban J connectivity index is 1.64. The number of carbonyl (C=O) groups is 2. The summed E-state index contributed by atoms with van der Waals surface area (Å²) in [6.07, 6.45) is 8.69. The number of carbonyl (C=O) groups excluding carboxylic acids is 1. The Hall–Kier alpha value is -4.31. The molecule has 1 aromatic carbocycles. The Kier molecular flexibility index (Phi) is 6.11. The van der Waals surface area contributed by atoms with Crippen molar-refractivity contribution < 1.29 is 14.7 Å². The predicted molar refractivity (Wildman–Crippen MR) is 135 cm³/mol. The van der Waals surface area contributed by atoms with Gasteiger partial charge >= 0.3 is 5.97 Å². The second kappa shape index (κ2) is 9.38. The molecule has 3 aromatic heterocycles. The average molecular weight is 505 g/mol. The summed E-state index contributed by atoms with van der Waals surface area (Å²) in [5, 5.41) is 9.97. The normalized spacial score (nSPS) is 15.3. The van der Waals surface area contributed by atoms with E-state index in [1.807, 2.05) is 11.0 Å². The lowest BCUT2D eigenvalue weighted by Gasteiger charge is -2.30. The third-order valence-corrected chi connectivity index (χ3v) is 6.57. The second-order valence-electron chi connectivity index (χ2n) is 8.37. The maximum atomic E-state index is 13.4.